The van der Waals surface area contributed by atoms with Crippen molar-refractivity contribution in [1.29, 1.82) is 0 Å². The van der Waals surface area contributed by atoms with E-state index >= 15 is 0 Å². The minimum Gasteiger partial charge on any atom is -0.508 e. The SMILES string of the molecule is COc1cc(-c2cc(-c3cccc([N+](=O)[O-])c3)nc(N=C(N)Nc3ccc(O)cc3)n2)cc(OC)c1OC. The second kappa shape index (κ2) is 11.1. The summed E-state index contributed by atoms with van der Waals surface area (Å²) in [5, 5.41) is 23.7. The topological polar surface area (TPSA) is 167 Å². The molecule has 0 unspecified atom stereocenters. The molecule has 0 atom stereocenters. The molecule has 4 rings (SSSR count). The third-order valence-electron chi connectivity index (χ3n) is 5.39. The molecule has 0 saturated heterocycles. The first-order valence-electron chi connectivity index (χ1n) is 11.2. The number of aromatic hydroxyl groups is 1. The van der Waals surface area contributed by atoms with E-state index in [4.69, 9.17) is 19.9 Å². The van der Waals surface area contributed by atoms with Crippen molar-refractivity contribution in [3.63, 3.8) is 0 Å². The highest BCUT2D eigenvalue weighted by Gasteiger charge is 2.17. The van der Waals surface area contributed by atoms with E-state index in [2.05, 4.69) is 20.3 Å². The summed E-state index contributed by atoms with van der Waals surface area (Å²) in [6.07, 6.45) is 0. The summed E-state index contributed by atoms with van der Waals surface area (Å²) in [6, 6.07) is 17.4. The smallest absolute Gasteiger partial charge is 0.270 e. The van der Waals surface area contributed by atoms with Gasteiger partial charge in [0, 0.05) is 28.9 Å². The predicted octanol–water partition coefficient (Wildman–Crippen LogP) is 4.51. The lowest BCUT2D eigenvalue weighted by Crippen LogP contribution is -2.22. The molecule has 0 radical (unpaired) electrons. The summed E-state index contributed by atoms with van der Waals surface area (Å²) in [5.41, 5.74) is 8.48. The number of methoxy groups -OCH3 is 3. The van der Waals surface area contributed by atoms with Crippen LogP contribution in [0.5, 0.6) is 23.0 Å². The van der Waals surface area contributed by atoms with E-state index in [-0.39, 0.29) is 23.3 Å². The fourth-order valence-corrected chi connectivity index (χ4v) is 3.62. The van der Waals surface area contributed by atoms with Crippen LogP contribution < -0.4 is 25.3 Å². The number of benzene rings is 3. The molecule has 0 aliphatic rings. The molecule has 38 heavy (non-hydrogen) atoms. The molecule has 4 N–H and O–H groups in total. The quantitative estimate of drug-likeness (QED) is 0.0996. The Morgan fingerprint density at radius 3 is 2.13 bits per heavy atom. The van der Waals surface area contributed by atoms with Crippen molar-refractivity contribution < 1.29 is 24.2 Å². The average molecular weight is 517 g/mol. The molecular weight excluding hydrogens is 492 g/mol. The number of rotatable bonds is 8. The second-order valence-electron chi connectivity index (χ2n) is 7.83. The zero-order valence-electron chi connectivity index (χ0n) is 20.7. The molecule has 1 heterocycles. The highest BCUT2D eigenvalue weighted by Crippen LogP contribution is 2.41. The number of non-ortho nitro benzene ring substituents is 1. The molecule has 0 aliphatic heterocycles. The predicted molar refractivity (Wildman–Crippen MR) is 142 cm³/mol. The Bertz CT molecular complexity index is 1480. The van der Waals surface area contributed by atoms with Gasteiger partial charge < -0.3 is 30.4 Å². The largest absolute Gasteiger partial charge is 0.508 e. The first-order valence-corrected chi connectivity index (χ1v) is 11.2. The van der Waals surface area contributed by atoms with Crippen molar-refractivity contribution in [1.82, 2.24) is 9.97 Å². The zero-order chi connectivity index (χ0) is 27.2. The lowest BCUT2D eigenvalue weighted by Gasteiger charge is -2.14. The van der Waals surface area contributed by atoms with Gasteiger partial charge >= 0.3 is 0 Å². The fourth-order valence-electron chi connectivity index (χ4n) is 3.62. The molecule has 3 aromatic carbocycles. The van der Waals surface area contributed by atoms with Gasteiger partial charge in [-0.2, -0.15) is 4.99 Å². The third kappa shape index (κ3) is 5.70. The van der Waals surface area contributed by atoms with Crippen molar-refractivity contribution in [2.75, 3.05) is 26.6 Å². The molecule has 0 fully saturated rings. The molecule has 4 aromatic rings. The van der Waals surface area contributed by atoms with Crippen LogP contribution in [0.25, 0.3) is 22.5 Å². The number of hydrogen-bond donors (Lipinski definition) is 3. The number of guanidine groups is 1. The summed E-state index contributed by atoms with van der Waals surface area (Å²) in [6.45, 7) is 0. The van der Waals surface area contributed by atoms with Crippen LogP contribution in [0.2, 0.25) is 0 Å². The van der Waals surface area contributed by atoms with Crippen molar-refractivity contribution in [3.05, 3.63) is 76.8 Å². The minimum absolute atomic E-state index is 0.00142. The van der Waals surface area contributed by atoms with Crippen LogP contribution >= 0.6 is 0 Å². The molecule has 0 spiro atoms. The number of ether oxygens (including phenoxy) is 3. The van der Waals surface area contributed by atoms with E-state index in [1.165, 1.54) is 45.6 Å². The van der Waals surface area contributed by atoms with Crippen molar-refractivity contribution in [3.8, 4) is 45.5 Å². The van der Waals surface area contributed by atoms with E-state index in [1.54, 1.807) is 42.5 Å². The number of aromatic nitrogens is 2. The highest BCUT2D eigenvalue weighted by atomic mass is 16.6. The van der Waals surface area contributed by atoms with E-state index < -0.39 is 4.92 Å². The number of phenols is 1. The normalized spacial score (nSPS) is 11.1. The Morgan fingerprint density at radius 1 is 0.921 bits per heavy atom. The van der Waals surface area contributed by atoms with Crippen molar-refractivity contribution >= 4 is 23.3 Å². The number of nitro benzene ring substituents is 1. The van der Waals surface area contributed by atoms with Crippen molar-refractivity contribution in [2.24, 2.45) is 10.7 Å². The molecule has 12 heteroatoms. The van der Waals surface area contributed by atoms with Gasteiger partial charge in [0.25, 0.3) is 11.6 Å². The maximum Gasteiger partial charge on any atom is 0.270 e. The van der Waals surface area contributed by atoms with Crippen LogP contribution in [0, 0.1) is 10.1 Å². The van der Waals surface area contributed by atoms with E-state index in [0.717, 1.165) is 0 Å². The average Bonchev–Trinajstić information content (AvgIpc) is 2.93. The Kier molecular flexibility index (Phi) is 7.52. The Balaban J connectivity index is 1.85. The molecule has 0 aliphatic carbocycles. The molecule has 0 amide bonds. The first kappa shape index (κ1) is 25.7. The summed E-state index contributed by atoms with van der Waals surface area (Å²) in [5.74, 6) is 1.33. The Labute approximate surface area is 217 Å². The third-order valence-corrected chi connectivity index (χ3v) is 5.39. The molecule has 12 nitrogen and oxygen atoms in total. The van der Waals surface area contributed by atoms with E-state index in [0.29, 0.717) is 45.5 Å². The van der Waals surface area contributed by atoms with Gasteiger partial charge in [-0.05, 0) is 42.5 Å². The zero-order valence-corrected chi connectivity index (χ0v) is 20.7. The standard InChI is InChI=1S/C26H24N6O6/c1-36-22-12-16(13-23(37-2)24(22)38-3)21-14-20(15-5-4-6-18(11-15)32(34)35)29-26(30-21)31-25(27)28-17-7-9-19(33)10-8-17/h4-14,33H,1-3H3,(H3,27,28,29,30,31). The highest BCUT2D eigenvalue weighted by molar-refractivity contribution is 5.93. The molecule has 0 bridgehead atoms. The van der Waals surface area contributed by atoms with Gasteiger partial charge in [0.05, 0.1) is 37.6 Å². The van der Waals surface area contributed by atoms with Crippen LogP contribution in [0.3, 0.4) is 0 Å². The summed E-state index contributed by atoms with van der Waals surface area (Å²) in [4.78, 5) is 24.2. The van der Waals surface area contributed by atoms with Gasteiger partial charge in [-0.1, -0.05) is 12.1 Å². The van der Waals surface area contributed by atoms with E-state index in [9.17, 15) is 15.2 Å². The van der Waals surface area contributed by atoms with Crippen LogP contribution in [0.4, 0.5) is 17.3 Å². The number of hydrogen-bond acceptors (Lipinski definition) is 9. The summed E-state index contributed by atoms with van der Waals surface area (Å²) in [7, 11) is 4.50. The summed E-state index contributed by atoms with van der Waals surface area (Å²) < 4.78 is 16.3. The number of anilines is 1. The maximum atomic E-state index is 11.4. The molecule has 1 aromatic heterocycles. The lowest BCUT2D eigenvalue weighted by molar-refractivity contribution is -0.384. The van der Waals surface area contributed by atoms with Gasteiger partial charge in [0.15, 0.2) is 11.5 Å². The van der Waals surface area contributed by atoms with Gasteiger partial charge in [0.2, 0.25) is 11.7 Å². The minimum atomic E-state index is -0.483. The van der Waals surface area contributed by atoms with Crippen LogP contribution in [0.15, 0.2) is 71.7 Å². The molecular formula is C26H24N6O6. The van der Waals surface area contributed by atoms with Gasteiger partial charge in [0.1, 0.15) is 5.75 Å². The van der Waals surface area contributed by atoms with Crippen LogP contribution in [0.1, 0.15) is 0 Å². The van der Waals surface area contributed by atoms with E-state index in [1.807, 2.05) is 0 Å². The number of nitrogens with zero attached hydrogens (tertiary/aromatic N) is 4. The number of nitrogens with two attached hydrogens (primary N) is 1. The molecule has 194 valence electrons. The molecule has 0 saturated carbocycles. The number of nitrogens with one attached hydrogen (secondary N) is 1. The number of phenolic OH excluding ortho intramolecular Hbond substituents is 1. The monoisotopic (exact) mass is 516 g/mol. The first-order chi connectivity index (χ1) is 18.3. The Morgan fingerprint density at radius 2 is 1.55 bits per heavy atom. The lowest BCUT2D eigenvalue weighted by atomic mass is 10.1. The fraction of sp³-hybridized carbons (Fsp3) is 0.115. The van der Waals surface area contributed by atoms with Crippen LogP contribution in [-0.2, 0) is 0 Å². The number of aliphatic imine (C=N–C) groups is 1. The van der Waals surface area contributed by atoms with Gasteiger partial charge in [-0.25, -0.2) is 9.97 Å². The second-order valence-corrected chi connectivity index (χ2v) is 7.83. The maximum absolute atomic E-state index is 11.4. The van der Waals surface area contributed by atoms with Gasteiger partial charge in [-0.3, -0.25) is 10.1 Å². The van der Waals surface area contributed by atoms with Gasteiger partial charge in [-0.15, -0.1) is 0 Å². The van der Waals surface area contributed by atoms with Crippen molar-refractivity contribution in [2.45, 2.75) is 0 Å². The summed E-state index contributed by atoms with van der Waals surface area (Å²) >= 11 is 0. The number of nitro groups is 1. The van der Waals surface area contributed by atoms with Crippen LogP contribution in [-0.4, -0.2) is 47.3 Å². The Hall–Kier alpha value is -5.39.